The van der Waals surface area contributed by atoms with Gasteiger partial charge in [0.15, 0.2) is 11.5 Å². The van der Waals surface area contributed by atoms with E-state index in [-0.39, 0.29) is 18.6 Å². The van der Waals surface area contributed by atoms with Crippen molar-refractivity contribution in [2.24, 2.45) is 0 Å². The molecule has 140 valence electrons. The number of nitrogens with zero attached hydrogens (tertiary/aromatic N) is 3. The van der Waals surface area contributed by atoms with Gasteiger partial charge in [-0.3, -0.25) is 4.79 Å². The zero-order valence-electron chi connectivity index (χ0n) is 15.0. The van der Waals surface area contributed by atoms with Gasteiger partial charge in [-0.25, -0.2) is 0 Å². The number of aromatic nitrogens is 2. The molecule has 7 heteroatoms. The average molecular weight is 367 g/mol. The van der Waals surface area contributed by atoms with Crippen molar-refractivity contribution in [3.8, 4) is 11.5 Å². The van der Waals surface area contributed by atoms with Gasteiger partial charge in [0.25, 0.3) is 0 Å². The Kier molecular flexibility index (Phi) is 4.07. The maximum Gasteiger partial charge on any atom is 0.246 e. The van der Waals surface area contributed by atoms with Crippen LogP contribution < -0.4 is 9.47 Å². The molecule has 3 heterocycles. The molecule has 5 rings (SSSR count). The largest absolute Gasteiger partial charge is 0.454 e. The van der Waals surface area contributed by atoms with Gasteiger partial charge in [0.2, 0.25) is 24.5 Å². The summed E-state index contributed by atoms with van der Waals surface area (Å²) in [7, 11) is 0. The van der Waals surface area contributed by atoms with Crippen molar-refractivity contribution in [1.29, 1.82) is 0 Å². The Morgan fingerprint density at radius 2 is 1.70 bits per heavy atom. The molecule has 0 bridgehead atoms. The molecule has 2 fully saturated rings. The van der Waals surface area contributed by atoms with Crippen LogP contribution >= 0.6 is 0 Å². The second-order valence-corrected chi connectivity index (χ2v) is 7.30. The minimum absolute atomic E-state index is 0.0234. The lowest BCUT2D eigenvalue weighted by molar-refractivity contribution is -0.127. The third-order valence-corrected chi connectivity index (χ3v) is 5.35. The Balaban J connectivity index is 1.17. The zero-order valence-corrected chi connectivity index (χ0v) is 15.0. The molecule has 2 aliphatic heterocycles. The first-order valence-corrected chi connectivity index (χ1v) is 9.46. The summed E-state index contributed by atoms with van der Waals surface area (Å²) in [4.78, 5) is 14.4. The molecule has 0 radical (unpaired) electrons. The summed E-state index contributed by atoms with van der Waals surface area (Å²) in [6, 6.07) is 5.65. The molecule has 3 aliphatic rings. The average Bonchev–Trinajstić information content (AvgIpc) is 3.25. The lowest BCUT2D eigenvalue weighted by Gasteiger charge is -2.29. The molecule has 0 spiro atoms. The molecule has 7 nitrogen and oxygen atoms in total. The van der Waals surface area contributed by atoms with Crippen molar-refractivity contribution >= 4 is 12.0 Å². The van der Waals surface area contributed by atoms with E-state index >= 15 is 0 Å². The van der Waals surface area contributed by atoms with E-state index in [4.69, 9.17) is 13.9 Å². The fourth-order valence-electron chi connectivity index (χ4n) is 3.54. The van der Waals surface area contributed by atoms with Crippen molar-refractivity contribution in [3.05, 3.63) is 41.6 Å². The zero-order chi connectivity index (χ0) is 18.2. The van der Waals surface area contributed by atoms with Crippen LogP contribution in [0.1, 0.15) is 54.9 Å². The monoisotopic (exact) mass is 367 g/mol. The molecule has 0 N–H and O–H groups in total. The summed E-state index contributed by atoms with van der Waals surface area (Å²) in [6.45, 7) is 1.66. The first-order valence-electron chi connectivity index (χ1n) is 9.46. The van der Waals surface area contributed by atoms with Crippen molar-refractivity contribution in [2.75, 3.05) is 19.9 Å². The van der Waals surface area contributed by atoms with Crippen molar-refractivity contribution in [3.63, 3.8) is 0 Å². The van der Waals surface area contributed by atoms with Crippen LogP contribution in [0.2, 0.25) is 0 Å². The smallest absolute Gasteiger partial charge is 0.246 e. The van der Waals surface area contributed by atoms with Crippen molar-refractivity contribution in [2.45, 2.75) is 37.5 Å². The number of hydrogen-bond acceptors (Lipinski definition) is 6. The van der Waals surface area contributed by atoms with Gasteiger partial charge < -0.3 is 18.8 Å². The molecule has 1 saturated carbocycles. The molecule has 2 aromatic rings. The maximum absolute atomic E-state index is 12.5. The number of carbonyl (C=O) groups is 1. The van der Waals surface area contributed by atoms with Crippen LogP contribution in [-0.4, -0.2) is 40.9 Å². The van der Waals surface area contributed by atoms with Gasteiger partial charge in [0.05, 0.1) is 0 Å². The predicted octanol–water partition coefficient (Wildman–Crippen LogP) is 3.10. The molecule has 1 amide bonds. The minimum atomic E-state index is 0.0234. The summed E-state index contributed by atoms with van der Waals surface area (Å²) in [6.07, 6.45) is 7.46. The highest BCUT2D eigenvalue weighted by atomic mass is 16.7. The van der Waals surface area contributed by atoms with Gasteiger partial charge in [-0.15, -0.1) is 10.2 Å². The van der Waals surface area contributed by atoms with E-state index < -0.39 is 0 Å². The Hall–Kier alpha value is -2.83. The van der Waals surface area contributed by atoms with Crippen LogP contribution in [0.3, 0.4) is 0 Å². The quantitative estimate of drug-likeness (QED) is 0.773. The standard InChI is InChI=1S/C20H21N3O4/c24-18(6-2-13-1-5-16-17(11-13)26-12-25-16)23-9-7-15(8-10-23)20-22-21-19(27-20)14-3-4-14/h1-2,5-6,11,14-15H,3-4,7-10,12H2. The highest BCUT2D eigenvalue weighted by Gasteiger charge is 2.32. The van der Waals surface area contributed by atoms with E-state index in [1.54, 1.807) is 6.08 Å². The number of ether oxygens (including phenoxy) is 2. The summed E-state index contributed by atoms with van der Waals surface area (Å²) in [5.41, 5.74) is 0.918. The normalized spacial score (nSPS) is 19.8. The van der Waals surface area contributed by atoms with Crippen LogP contribution in [0.4, 0.5) is 0 Å². The number of amides is 1. The molecular weight excluding hydrogens is 346 g/mol. The summed E-state index contributed by atoms with van der Waals surface area (Å²) < 4.78 is 16.5. The van der Waals surface area contributed by atoms with Gasteiger partial charge in [-0.1, -0.05) is 6.07 Å². The summed E-state index contributed by atoms with van der Waals surface area (Å²) in [5, 5.41) is 8.39. The van der Waals surface area contributed by atoms with Crippen LogP contribution in [-0.2, 0) is 4.79 Å². The third kappa shape index (κ3) is 3.41. The second-order valence-electron chi connectivity index (χ2n) is 7.30. The van der Waals surface area contributed by atoms with E-state index in [2.05, 4.69) is 10.2 Å². The summed E-state index contributed by atoms with van der Waals surface area (Å²) >= 11 is 0. The number of likely N-dealkylation sites (tertiary alicyclic amines) is 1. The first kappa shape index (κ1) is 16.4. The highest BCUT2D eigenvalue weighted by Crippen LogP contribution is 2.40. The molecule has 1 saturated heterocycles. The van der Waals surface area contributed by atoms with Gasteiger partial charge in [-0.05, 0) is 49.5 Å². The molecule has 1 aliphatic carbocycles. The molecule has 0 atom stereocenters. The Bertz CT molecular complexity index is 879. The van der Waals surface area contributed by atoms with Gasteiger partial charge in [-0.2, -0.15) is 0 Å². The van der Waals surface area contributed by atoms with Crippen LogP contribution in [0.25, 0.3) is 6.08 Å². The van der Waals surface area contributed by atoms with Crippen LogP contribution in [0.5, 0.6) is 11.5 Å². The lowest BCUT2D eigenvalue weighted by Crippen LogP contribution is -2.36. The predicted molar refractivity (Wildman–Crippen MR) is 96.4 cm³/mol. The van der Waals surface area contributed by atoms with E-state index in [1.165, 1.54) is 0 Å². The Morgan fingerprint density at radius 1 is 1.00 bits per heavy atom. The SMILES string of the molecule is O=C(C=Cc1ccc2c(c1)OCO2)N1CCC(c2nnc(C3CC3)o2)CC1. The molecule has 0 unspecified atom stereocenters. The number of carbonyl (C=O) groups excluding carboxylic acids is 1. The second kappa shape index (κ2) is 6.72. The third-order valence-electron chi connectivity index (χ3n) is 5.35. The number of benzene rings is 1. The fraction of sp³-hybridized carbons (Fsp3) is 0.450. The topological polar surface area (TPSA) is 77.7 Å². The van der Waals surface area contributed by atoms with E-state index in [0.29, 0.717) is 19.0 Å². The van der Waals surface area contributed by atoms with E-state index in [0.717, 1.165) is 54.5 Å². The molecular formula is C20H21N3O4. The Morgan fingerprint density at radius 3 is 2.44 bits per heavy atom. The Labute approximate surface area is 157 Å². The number of fused-ring (bicyclic) bond motifs is 1. The number of hydrogen-bond donors (Lipinski definition) is 0. The fourth-order valence-corrected chi connectivity index (χ4v) is 3.54. The van der Waals surface area contributed by atoms with E-state index in [1.807, 2.05) is 29.2 Å². The molecule has 1 aromatic heterocycles. The summed E-state index contributed by atoms with van der Waals surface area (Å²) in [5.74, 6) is 3.74. The molecule has 1 aromatic carbocycles. The maximum atomic E-state index is 12.5. The number of piperidine rings is 1. The highest BCUT2D eigenvalue weighted by molar-refractivity contribution is 5.92. The van der Waals surface area contributed by atoms with Crippen LogP contribution in [0.15, 0.2) is 28.7 Å². The first-order chi connectivity index (χ1) is 13.3. The van der Waals surface area contributed by atoms with Crippen LogP contribution in [0, 0.1) is 0 Å². The molecule has 27 heavy (non-hydrogen) atoms. The van der Waals surface area contributed by atoms with Gasteiger partial charge in [0.1, 0.15) is 0 Å². The number of rotatable bonds is 4. The van der Waals surface area contributed by atoms with Gasteiger partial charge in [0, 0.05) is 31.0 Å². The van der Waals surface area contributed by atoms with E-state index in [9.17, 15) is 4.79 Å². The van der Waals surface area contributed by atoms with Crippen molar-refractivity contribution < 1.29 is 18.7 Å². The van der Waals surface area contributed by atoms with Crippen molar-refractivity contribution in [1.82, 2.24) is 15.1 Å². The van der Waals surface area contributed by atoms with Gasteiger partial charge >= 0.3 is 0 Å². The minimum Gasteiger partial charge on any atom is -0.454 e. The lowest BCUT2D eigenvalue weighted by atomic mass is 9.97.